The zero-order chi connectivity index (χ0) is 9.64. The first kappa shape index (κ1) is 8.80. The summed E-state index contributed by atoms with van der Waals surface area (Å²) < 4.78 is 27.7. The molecule has 0 aromatic carbocycles. The minimum Gasteiger partial charge on any atom is -0.296 e. The van der Waals surface area contributed by atoms with E-state index in [-0.39, 0.29) is 11.9 Å². The Morgan fingerprint density at radius 1 is 1.62 bits per heavy atom. The standard InChI is InChI=1S/C7H9F2N3S/c1-7(8,9)5-10-11-6(13)12(5)4-2-3-4/h4H,2-3H2,1H3,(H,11,13). The van der Waals surface area contributed by atoms with Crippen LogP contribution in [0.1, 0.15) is 31.6 Å². The number of nitrogens with zero attached hydrogens (tertiary/aromatic N) is 2. The lowest BCUT2D eigenvalue weighted by molar-refractivity contribution is 0.00353. The smallest absolute Gasteiger partial charge is 0.296 e. The van der Waals surface area contributed by atoms with Crippen LogP contribution < -0.4 is 0 Å². The van der Waals surface area contributed by atoms with E-state index in [4.69, 9.17) is 12.2 Å². The molecule has 1 saturated carbocycles. The topological polar surface area (TPSA) is 33.6 Å². The van der Waals surface area contributed by atoms with Crippen LogP contribution in [0.3, 0.4) is 0 Å². The van der Waals surface area contributed by atoms with Crippen LogP contribution >= 0.6 is 12.2 Å². The Morgan fingerprint density at radius 3 is 2.69 bits per heavy atom. The van der Waals surface area contributed by atoms with Crippen molar-refractivity contribution >= 4 is 12.2 Å². The van der Waals surface area contributed by atoms with Crippen LogP contribution in [0.15, 0.2) is 0 Å². The number of aromatic nitrogens is 3. The number of H-pyrrole nitrogens is 1. The lowest BCUT2D eigenvalue weighted by atomic mass is 10.3. The van der Waals surface area contributed by atoms with Crippen LogP contribution in [0, 0.1) is 4.77 Å². The van der Waals surface area contributed by atoms with Crippen LogP contribution in [0.2, 0.25) is 0 Å². The predicted octanol–water partition coefficient (Wildman–Crippen LogP) is 2.39. The maximum atomic E-state index is 13.0. The highest BCUT2D eigenvalue weighted by atomic mass is 32.1. The van der Waals surface area contributed by atoms with Gasteiger partial charge in [-0.2, -0.15) is 13.9 Å². The van der Waals surface area contributed by atoms with Gasteiger partial charge in [-0.15, -0.1) is 0 Å². The highest BCUT2D eigenvalue weighted by Gasteiger charge is 2.36. The van der Waals surface area contributed by atoms with Crippen molar-refractivity contribution in [2.24, 2.45) is 0 Å². The summed E-state index contributed by atoms with van der Waals surface area (Å²) in [5.41, 5.74) is 0. The van der Waals surface area contributed by atoms with Crippen LogP contribution in [0.25, 0.3) is 0 Å². The van der Waals surface area contributed by atoms with E-state index in [9.17, 15) is 8.78 Å². The van der Waals surface area contributed by atoms with Gasteiger partial charge in [-0.3, -0.25) is 9.67 Å². The molecule has 13 heavy (non-hydrogen) atoms. The van der Waals surface area contributed by atoms with Crippen molar-refractivity contribution < 1.29 is 8.78 Å². The van der Waals surface area contributed by atoms with E-state index in [1.807, 2.05) is 0 Å². The van der Waals surface area contributed by atoms with E-state index in [2.05, 4.69) is 10.2 Å². The molecule has 0 radical (unpaired) electrons. The molecule has 1 aliphatic rings. The van der Waals surface area contributed by atoms with Crippen molar-refractivity contribution in [3.63, 3.8) is 0 Å². The van der Waals surface area contributed by atoms with Gasteiger partial charge in [0.25, 0.3) is 0 Å². The molecule has 1 fully saturated rings. The zero-order valence-electron chi connectivity index (χ0n) is 7.05. The molecule has 0 amide bonds. The second-order valence-electron chi connectivity index (χ2n) is 3.34. The quantitative estimate of drug-likeness (QED) is 0.752. The summed E-state index contributed by atoms with van der Waals surface area (Å²) in [7, 11) is 0. The Kier molecular flexibility index (Phi) is 1.76. The van der Waals surface area contributed by atoms with Crippen molar-refractivity contribution in [3.8, 4) is 0 Å². The Balaban J connectivity index is 2.51. The summed E-state index contributed by atoms with van der Waals surface area (Å²) >= 11 is 4.87. The van der Waals surface area contributed by atoms with Crippen molar-refractivity contribution in [1.29, 1.82) is 0 Å². The number of halogens is 2. The van der Waals surface area contributed by atoms with Crippen LogP contribution in [-0.4, -0.2) is 14.8 Å². The van der Waals surface area contributed by atoms with Crippen molar-refractivity contribution in [3.05, 3.63) is 10.6 Å². The summed E-state index contributed by atoms with van der Waals surface area (Å²) in [6.45, 7) is 0.830. The molecular weight excluding hydrogens is 196 g/mol. The molecule has 72 valence electrons. The predicted molar refractivity (Wildman–Crippen MR) is 45.3 cm³/mol. The molecule has 1 N–H and O–H groups in total. The average Bonchev–Trinajstić information content (AvgIpc) is 2.73. The van der Waals surface area contributed by atoms with Gasteiger partial charge in [-0.1, -0.05) is 0 Å². The Bertz CT molecular complexity index is 372. The van der Waals surface area contributed by atoms with Gasteiger partial charge >= 0.3 is 5.92 Å². The largest absolute Gasteiger partial charge is 0.303 e. The van der Waals surface area contributed by atoms with E-state index in [1.165, 1.54) is 4.57 Å². The molecule has 1 aromatic rings. The molecule has 6 heteroatoms. The van der Waals surface area contributed by atoms with Gasteiger partial charge in [0.05, 0.1) is 0 Å². The molecule has 1 aromatic heterocycles. The monoisotopic (exact) mass is 205 g/mol. The number of rotatable bonds is 2. The molecule has 0 spiro atoms. The lowest BCUT2D eigenvalue weighted by Crippen LogP contribution is -2.15. The molecular formula is C7H9F2N3S. The first-order valence-electron chi connectivity index (χ1n) is 4.05. The molecule has 1 aliphatic carbocycles. The summed E-state index contributed by atoms with van der Waals surface area (Å²) in [6.07, 6.45) is 1.83. The number of alkyl halides is 2. The third kappa shape index (κ3) is 1.50. The lowest BCUT2D eigenvalue weighted by Gasteiger charge is -2.10. The Hall–Kier alpha value is -0.780. The van der Waals surface area contributed by atoms with Gasteiger partial charge in [-0.05, 0) is 25.1 Å². The second-order valence-corrected chi connectivity index (χ2v) is 3.73. The number of hydrogen-bond acceptors (Lipinski definition) is 2. The summed E-state index contributed by atoms with van der Waals surface area (Å²) in [5, 5.41) is 5.94. The fraction of sp³-hybridized carbons (Fsp3) is 0.714. The third-order valence-corrected chi connectivity index (χ3v) is 2.30. The fourth-order valence-corrected chi connectivity index (χ4v) is 1.57. The molecule has 1 heterocycles. The van der Waals surface area contributed by atoms with Crippen LogP contribution in [0.5, 0.6) is 0 Å². The molecule has 3 nitrogen and oxygen atoms in total. The van der Waals surface area contributed by atoms with Gasteiger partial charge in [-0.25, -0.2) is 0 Å². The minimum absolute atomic E-state index is 0.132. The molecule has 0 unspecified atom stereocenters. The van der Waals surface area contributed by atoms with Gasteiger partial charge < -0.3 is 0 Å². The first-order chi connectivity index (χ1) is 6.00. The van der Waals surface area contributed by atoms with Gasteiger partial charge in [0.15, 0.2) is 4.77 Å². The van der Waals surface area contributed by atoms with Crippen molar-refractivity contribution in [2.45, 2.75) is 31.7 Å². The maximum Gasteiger partial charge on any atom is 0.303 e. The molecule has 2 rings (SSSR count). The minimum atomic E-state index is -2.92. The van der Waals surface area contributed by atoms with Crippen molar-refractivity contribution in [1.82, 2.24) is 14.8 Å². The van der Waals surface area contributed by atoms with Crippen molar-refractivity contribution in [2.75, 3.05) is 0 Å². The number of nitrogens with one attached hydrogen (secondary N) is 1. The average molecular weight is 205 g/mol. The third-order valence-electron chi connectivity index (χ3n) is 2.01. The Labute approximate surface area is 78.8 Å². The summed E-state index contributed by atoms with van der Waals surface area (Å²) in [5.74, 6) is -3.17. The number of aromatic amines is 1. The van der Waals surface area contributed by atoms with E-state index in [1.54, 1.807) is 0 Å². The molecule has 0 saturated heterocycles. The normalized spacial score (nSPS) is 17.8. The van der Waals surface area contributed by atoms with E-state index >= 15 is 0 Å². The van der Waals surface area contributed by atoms with E-state index in [0.29, 0.717) is 4.77 Å². The highest BCUT2D eigenvalue weighted by Crippen LogP contribution is 2.38. The van der Waals surface area contributed by atoms with Crippen LogP contribution in [-0.2, 0) is 5.92 Å². The van der Waals surface area contributed by atoms with Gasteiger partial charge in [0.2, 0.25) is 5.82 Å². The van der Waals surface area contributed by atoms with Crippen LogP contribution in [0.4, 0.5) is 8.78 Å². The van der Waals surface area contributed by atoms with E-state index < -0.39 is 5.92 Å². The summed E-state index contributed by atoms with van der Waals surface area (Å²) in [6, 6.07) is 0.132. The fourth-order valence-electron chi connectivity index (χ4n) is 1.29. The highest BCUT2D eigenvalue weighted by molar-refractivity contribution is 7.71. The van der Waals surface area contributed by atoms with Gasteiger partial charge in [0.1, 0.15) is 0 Å². The Morgan fingerprint density at radius 2 is 2.23 bits per heavy atom. The number of hydrogen-bond donors (Lipinski definition) is 1. The molecule has 0 bridgehead atoms. The SMILES string of the molecule is CC(F)(F)c1n[nH]c(=S)n1C1CC1. The molecule has 0 atom stereocenters. The maximum absolute atomic E-state index is 13.0. The zero-order valence-corrected chi connectivity index (χ0v) is 7.87. The van der Waals surface area contributed by atoms with Gasteiger partial charge in [0, 0.05) is 13.0 Å². The van der Waals surface area contributed by atoms with E-state index in [0.717, 1.165) is 19.8 Å². The second kappa shape index (κ2) is 2.60. The first-order valence-corrected chi connectivity index (χ1v) is 4.46. The summed E-state index contributed by atoms with van der Waals surface area (Å²) in [4.78, 5) is 0. The molecule has 0 aliphatic heterocycles.